The molecule has 0 aromatic heterocycles. The summed E-state index contributed by atoms with van der Waals surface area (Å²) in [5.74, 6) is -1.88. The number of methoxy groups -OCH3 is 1. The minimum atomic E-state index is -3.01. The van der Waals surface area contributed by atoms with Crippen molar-refractivity contribution in [2.24, 2.45) is 0 Å². The van der Waals surface area contributed by atoms with E-state index >= 15 is 0 Å². The summed E-state index contributed by atoms with van der Waals surface area (Å²) < 4.78 is 33.7. The largest absolute Gasteiger partial charge is 0.493 e. The van der Waals surface area contributed by atoms with E-state index in [2.05, 4.69) is 4.74 Å². The molecule has 0 fully saturated rings. The van der Waals surface area contributed by atoms with E-state index in [9.17, 15) is 18.4 Å². The van der Waals surface area contributed by atoms with Crippen LogP contribution in [0.4, 0.5) is 8.78 Å². The number of carboxylic acids is 1. The molecule has 22 heavy (non-hydrogen) atoms. The second-order valence-corrected chi connectivity index (χ2v) is 4.36. The molecule has 0 heterocycles. The first-order chi connectivity index (χ1) is 10.4. The highest BCUT2D eigenvalue weighted by Crippen LogP contribution is 2.29. The first-order valence-electron chi connectivity index (χ1n) is 6.53. The number of amides is 1. The predicted molar refractivity (Wildman–Crippen MR) is 73.5 cm³/mol. The molecule has 0 radical (unpaired) electrons. The Bertz CT molecular complexity index is 536. The lowest BCUT2D eigenvalue weighted by Crippen LogP contribution is -2.36. The van der Waals surface area contributed by atoms with Crippen LogP contribution in [-0.2, 0) is 4.79 Å². The summed E-state index contributed by atoms with van der Waals surface area (Å²) in [4.78, 5) is 24.2. The number of hydrogen-bond donors (Lipinski definition) is 1. The Balaban J connectivity index is 3.03. The second-order valence-electron chi connectivity index (χ2n) is 4.36. The van der Waals surface area contributed by atoms with Crippen LogP contribution in [0.15, 0.2) is 18.2 Å². The fourth-order valence-corrected chi connectivity index (χ4v) is 1.86. The summed E-state index contributed by atoms with van der Waals surface area (Å²) in [6, 6.07) is 3.71. The third kappa shape index (κ3) is 4.87. The van der Waals surface area contributed by atoms with Crippen molar-refractivity contribution < 1.29 is 33.0 Å². The number of aliphatic carboxylic acids is 1. The van der Waals surface area contributed by atoms with Crippen LogP contribution in [0.25, 0.3) is 0 Å². The molecule has 1 N–H and O–H groups in total. The van der Waals surface area contributed by atoms with Gasteiger partial charge in [-0.25, -0.2) is 0 Å². The van der Waals surface area contributed by atoms with Crippen molar-refractivity contribution in [1.29, 1.82) is 0 Å². The maximum absolute atomic E-state index is 12.3. The Morgan fingerprint density at radius 1 is 1.32 bits per heavy atom. The van der Waals surface area contributed by atoms with E-state index in [1.807, 2.05) is 6.92 Å². The van der Waals surface area contributed by atoms with E-state index < -0.39 is 25.0 Å². The van der Waals surface area contributed by atoms with E-state index in [1.54, 1.807) is 0 Å². The Kier molecular flexibility index (Phi) is 6.55. The van der Waals surface area contributed by atoms with E-state index in [-0.39, 0.29) is 23.6 Å². The predicted octanol–water partition coefficient (Wildman–Crippen LogP) is 2.23. The van der Waals surface area contributed by atoms with Crippen LogP contribution in [0.2, 0.25) is 0 Å². The van der Waals surface area contributed by atoms with Gasteiger partial charge in [-0.2, -0.15) is 8.78 Å². The van der Waals surface area contributed by atoms with Crippen molar-refractivity contribution in [3.05, 3.63) is 23.8 Å². The molecule has 1 aromatic carbocycles. The van der Waals surface area contributed by atoms with Gasteiger partial charge in [0.15, 0.2) is 11.5 Å². The summed E-state index contributed by atoms with van der Waals surface area (Å²) in [5.41, 5.74) is 0.133. The summed E-state index contributed by atoms with van der Waals surface area (Å²) >= 11 is 0. The van der Waals surface area contributed by atoms with E-state index in [4.69, 9.17) is 9.84 Å². The number of nitrogens with zero attached hydrogens (tertiary/aromatic N) is 1. The van der Waals surface area contributed by atoms with Gasteiger partial charge >= 0.3 is 12.6 Å². The van der Waals surface area contributed by atoms with E-state index in [0.29, 0.717) is 6.42 Å². The lowest BCUT2D eigenvalue weighted by molar-refractivity contribution is -0.137. The zero-order valence-electron chi connectivity index (χ0n) is 12.2. The number of carbonyl (C=O) groups excluding carboxylic acids is 1. The molecule has 0 aliphatic rings. The molecular formula is C14H17F2NO5. The van der Waals surface area contributed by atoms with Gasteiger partial charge in [0.05, 0.1) is 7.11 Å². The highest BCUT2D eigenvalue weighted by atomic mass is 19.3. The topological polar surface area (TPSA) is 76.1 Å². The van der Waals surface area contributed by atoms with Crippen molar-refractivity contribution in [2.75, 3.05) is 20.2 Å². The van der Waals surface area contributed by atoms with Gasteiger partial charge in [0.25, 0.3) is 5.91 Å². The molecule has 0 saturated heterocycles. The monoisotopic (exact) mass is 317 g/mol. The summed E-state index contributed by atoms with van der Waals surface area (Å²) in [6.07, 6.45) is 0.586. The molecule has 0 spiro atoms. The molecule has 1 rings (SSSR count). The van der Waals surface area contributed by atoms with Gasteiger partial charge in [-0.15, -0.1) is 0 Å². The zero-order chi connectivity index (χ0) is 16.7. The fraction of sp³-hybridized carbons (Fsp3) is 0.429. The molecule has 0 atom stereocenters. The van der Waals surface area contributed by atoms with Crippen molar-refractivity contribution in [2.45, 2.75) is 20.0 Å². The lowest BCUT2D eigenvalue weighted by Gasteiger charge is -2.20. The molecule has 0 aliphatic carbocycles. The van der Waals surface area contributed by atoms with Gasteiger partial charge in [-0.3, -0.25) is 9.59 Å². The van der Waals surface area contributed by atoms with Crippen LogP contribution in [0.3, 0.4) is 0 Å². The minimum Gasteiger partial charge on any atom is -0.493 e. The first-order valence-corrected chi connectivity index (χ1v) is 6.53. The lowest BCUT2D eigenvalue weighted by atomic mass is 10.1. The van der Waals surface area contributed by atoms with Crippen LogP contribution in [-0.4, -0.2) is 48.7 Å². The Hall–Kier alpha value is -2.38. The zero-order valence-corrected chi connectivity index (χ0v) is 12.2. The standard InChI is InChI=1S/C14H17F2NO5/c1-3-6-17(8-12(18)19)13(20)9-4-5-10(22-14(15)16)11(7-9)21-2/h4-5,7,14H,3,6,8H2,1-2H3,(H,18,19). The maximum atomic E-state index is 12.3. The van der Waals surface area contributed by atoms with Crippen molar-refractivity contribution >= 4 is 11.9 Å². The van der Waals surface area contributed by atoms with Crippen molar-refractivity contribution in [1.82, 2.24) is 4.90 Å². The molecule has 0 unspecified atom stereocenters. The molecule has 0 saturated carbocycles. The maximum Gasteiger partial charge on any atom is 0.387 e. The van der Waals surface area contributed by atoms with Gasteiger partial charge in [0.2, 0.25) is 0 Å². The van der Waals surface area contributed by atoms with E-state index in [1.165, 1.54) is 25.3 Å². The van der Waals surface area contributed by atoms with Gasteiger partial charge in [0, 0.05) is 12.1 Å². The smallest absolute Gasteiger partial charge is 0.387 e. The number of rotatable bonds is 8. The summed E-state index contributed by atoms with van der Waals surface area (Å²) in [7, 11) is 1.25. The first kappa shape index (κ1) is 17.7. The summed E-state index contributed by atoms with van der Waals surface area (Å²) in [6.45, 7) is -1.38. The number of hydrogen-bond acceptors (Lipinski definition) is 4. The van der Waals surface area contributed by atoms with Gasteiger partial charge < -0.3 is 19.5 Å². The quantitative estimate of drug-likeness (QED) is 0.796. The SMILES string of the molecule is CCCN(CC(=O)O)C(=O)c1ccc(OC(F)F)c(OC)c1. The molecule has 0 aliphatic heterocycles. The number of carbonyl (C=O) groups is 2. The van der Waals surface area contributed by atoms with Crippen LogP contribution in [0.1, 0.15) is 23.7 Å². The van der Waals surface area contributed by atoms with Gasteiger partial charge in [-0.1, -0.05) is 6.92 Å². The van der Waals surface area contributed by atoms with E-state index in [0.717, 1.165) is 4.90 Å². The van der Waals surface area contributed by atoms with Crippen LogP contribution in [0.5, 0.6) is 11.5 Å². The van der Waals surface area contributed by atoms with Gasteiger partial charge in [-0.05, 0) is 24.6 Å². The molecule has 0 bridgehead atoms. The van der Waals surface area contributed by atoms with Crippen molar-refractivity contribution in [3.63, 3.8) is 0 Å². The molecule has 8 heteroatoms. The Labute approximate surface area is 126 Å². The number of halogens is 2. The van der Waals surface area contributed by atoms with Gasteiger partial charge in [0.1, 0.15) is 6.54 Å². The molecule has 6 nitrogen and oxygen atoms in total. The number of alkyl halides is 2. The number of ether oxygens (including phenoxy) is 2. The fourth-order valence-electron chi connectivity index (χ4n) is 1.86. The van der Waals surface area contributed by atoms with Crippen molar-refractivity contribution in [3.8, 4) is 11.5 Å². The molecular weight excluding hydrogens is 300 g/mol. The third-order valence-electron chi connectivity index (χ3n) is 2.73. The third-order valence-corrected chi connectivity index (χ3v) is 2.73. The average molecular weight is 317 g/mol. The molecule has 1 aromatic rings. The number of benzene rings is 1. The second kappa shape index (κ2) is 8.16. The highest BCUT2D eigenvalue weighted by Gasteiger charge is 2.20. The highest BCUT2D eigenvalue weighted by molar-refractivity contribution is 5.96. The molecule has 122 valence electrons. The average Bonchev–Trinajstić information content (AvgIpc) is 2.45. The van der Waals surface area contributed by atoms with Crippen LogP contribution >= 0.6 is 0 Å². The Morgan fingerprint density at radius 2 is 2.00 bits per heavy atom. The Morgan fingerprint density at radius 3 is 2.50 bits per heavy atom. The summed E-state index contributed by atoms with van der Waals surface area (Å²) in [5, 5.41) is 8.83. The minimum absolute atomic E-state index is 0.0297. The van der Waals surface area contributed by atoms with Crippen LogP contribution in [0, 0.1) is 0 Å². The molecule has 1 amide bonds. The van der Waals surface area contributed by atoms with Crippen LogP contribution < -0.4 is 9.47 Å². The normalized spacial score (nSPS) is 10.4. The number of carboxylic acid groups (broad SMARTS) is 1.